The van der Waals surface area contributed by atoms with Crippen LogP contribution in [0.5, 0.6) is 0 Å². The Hall–Kier alpha value is -3.16. The third kappa shape index (κ3) is 4.52. The van der Waals surface area contributed by atoms with E-state index in [1.54, 1.807) is 11.0 Å². The highest BCUT2D eigenvalue weighted by atomic mass is 16.6. The Kier molecular flexibility index (Phi) is 5.54. The van der Waals surface area contributed by atoms with E-state index in [4.69, 9.17) is 9.15 Å². The molecule has 1 aromatic heterocycles. The van der Waals surface area contributed by atoms with Crippen LogP contribution in [0.25, 0.3) is 11.3 Å². The van der Waals surface area contributed by atoms with Gasteiger partial charge in [0.1, 0.15) is 5.76 Å². The molecule has 0 N–H and O–H groups in total. The number of nitro benzene ring substituents is 1. The molecule has 1 fully saturated rings. The van der Waals surface area contributed by atoms with Gasteiger partial charge in [0.05, 0.1) is 4.92 Å². The Labute approximate surface area is 155 Å². The van der Waals surface area contributed by atoms with E-state index in [0.29, 0.717) is 30.3 Å². The molecule has 2 aromatic rings. The molecule has 1 aliphatic rings. The molecule has 0 spiro atoms. The maximum atomic E-state index is 12.2. The van der Waals surface area contributed by atoms with Gasteiger partial charge in [0, 0.05) is 30.8 Å². The fourth-order valence-corrected chi connectivity index (χ4v) is 3.06. The lowest BCUT2D eigenvalue weighted by Gasteiger charge is -2.30. The number of carbonyl (C=O) groups is 2. The first-order valence-electron chi connectivity index (χ1n) is 8.73. The molecule has 0 radical (unpaired) electrons. The Morgan fingerprint density at radius 2 is 2.00 bits per heavy atom. The first-order valence-corrected chi connectivity index (χ1v) is 8.73. The summed E-state index contributed by atoms with van der Waals surface area (Å²) in [5, 5.41) is 10.7. The number of ether oxygens (including phenoxy) is 1. The molecule has 0 saturated carbocycles. The molecular weight excluding hydrogens is 352 g/mol. The van der Waals surface area contributed by atoms with Crippen molar-refractivity contribution in [2.45, 2.75) is 19.8 Å². The second-order valence-electron chi connectivity index (χ2n) is 6.63. The molecule has 1 amide bonds. The summed E-state index contributed by atoms with van der Waals surface area (Å²) >= 11 is 0. The lowest BCUT2D eigenvalue weighted by atomic mass is 10.0. The Balaban J connectivity index is 1.58. The maximum absolute atomic E-state index is 12.2. The smallest absolute Gasteiger partial charge is 0.374 e. The lowest BCUT2D eigenvalue weighted by Crippen LogP contribution is -2.41. The number of furan rings is 1. The number of hydrogen-bond acceptors (Lipinski definition) is 6. The van der Waals surface area contributed by atoms with Crippen LogP contribution in [-0.4, -0.2) is 41.4 Å². The molecule has 1 saturated heterocycles. The van der Waals surface area contributed by atoms with Crippen molar-refractivity contribution in [3.63, 3.8) is 0 Å². The van der Waals surface area contributed by atoms with Crippen LogP contribution >= 0.6 is 0 Å². The topological polar surface area (TPSA) is 103 Å². The predicted octanol–water partition coefficient (Wildman–Crippen LogP) is 3.27. The summed E-state index contributed by atoms with van der Waals surface area (Å²) in [6.07, 6.45) is 2.05. The van der Waals surface area contributed by atoms with Crippen molar-refractivity contribution < 1.29 is 23.7 Å². The van der Waals surface area contributed by atoms with Crippen molar-refractivity contribution in [2.24, 2.45) is 5.92 Å². The van der Waals surface area contributed by atoms with E-state index in [2.05, 4.69) is 6.92 Å². The third-order valence-corrected chi connectivity index (χ3v) is 4.51. The molecular formula is C19H20N2O6. The van der Waals surface area contributed by atoms with Gasteiger partial charge < -0.3 is 14.1 Å². The molecule has 1 aliphatic heterocycles. The first kappa shape index (κ1) is 18.6. The Bertz CT molecular complexity index is 842. The average molecular weight is 372 g/mol. The maximum Gasteiger partial charge on any atom is 0.374 e. The van der Waals surface area contributed by atoms with Crippen LogP contribution in [0.15, 0.2) is 40.8 Å². The highest BCUT2D eigenvalue weighted by Crippen LogP contribution is 2.25. The van der Waals surface area contributed by atoms with Gasteiger partial charge in [0.2, 0.25) is 5.76 Å². The Morgan fingerprint density at radius 1 is 1.26 bits per heavy atom. The molecule has 142 valence electrons. The molecule has 1 aromatic carbocycles. The fraction of sp³-hybridized carbons (Fsp3) is 0.368. The molecule has 0 aliphatic carbocycles. The molecule has 8 heteroatoms. The van der Waals surface area contributed by atoms with Crippen LogP contribution in [0.1, 0.15) is 30.3 Å². The quantitative estimate of drug-likeness (QED) is 0.453. The largest absolute Gasteiger partial charge is 0.450 e. The van der Waals surface area contributed by atoms with Crippen LogP contribution < -0.4 is 0 Å². The summed E-state index contributed by atoms with van der Waals surface area (Å²) in [6, 6.07) is 8.81. The number of benzene rings is 1. The van der Waals surface area contributed by atoms with Gasteiger partial charge >= 0.3 is 5.97 Å². The van der Waals surface area contributed by atoms with Gasteiger partial charge in [-0.15, -0.1) is 0 Å². The highest BCUT2D eigenvalue weighted by Gasteiger charge is 2.23. The first-order chi connectivity index (χ1) is 12.9. The number of non-ortho nitro benzene ring substituents is 1. The number of amides is 1. The van der Waals surface area contributed by atoms with Crippen LogP contribution in [0.2, 0.25) is 0 Å². The van der Waals surface area contributed by atoms with E-state index in [1.165, 1.54) is 30.3 Å². The van der Waals surface area contributed by atoms with Crippen LogP contribution in [-0.2, 0) is 9.53 Å². The monoisotopic (exact) mass is 372 g/mol. The predicted molar refractivity (Wildman–Crippen MR) is 96.1 cm³/mol. The van der Waals surface area contributed by atoms with Crippen LogP contribution in [0, 0.1) is 16.0 Å². The van der Waals surface area contributed by atoms with Gasteiger partial charge in [-0.3, -0.25) is 14.9 Å². The van der Waals surface area contributed by atoms with E-state index in [-0.39, 0.29) is 24.0 Å². The minimum atomic E-state index is -0.721. The van der Waals surface area contributed by atoms with Crippen molar-refractivity contribution in [1.82, 2.24) is 4.90 Å². The van der Waals surface area contributed by atoms with E-state index in [9.17, 15) is 19.7 Å². The minimum Gasteiger partial charge on any atom is -0.450 e. The standard InChI is InChI=1S/C19H20N2O6/c1-13-3-2-10-20(11-13)18(22)12-26-19(23)17-9-8-16(27-17)14-4-6-15(7-5-14)21(24)25/h4-9,13H,2-3,10-12H2,1H3/t13-/m0/s1. The van der Waals surface area contributed by atoms with E-state index >= 15 is 0 Å². The number of piperidine rings is 1. The van der Waals surface area contributed by atoms with Gasteiger partial charge in [-0.25, -0.2) is 4.79 Å². The third-order valence-electron chi connectivity index (χ3n) is 4.51. The molecule has 2 heterocycles. The number of carbonyl (C=O) groups excluding carboxylic acids is 2. The average Bonchev–Trinajstić information content (AvgIpc) is 3.16. The summed E-state index contributed by atoms with van der Waals surface area (Å²) in [7, 11) is 0. The second-order valence-corrected chi connectivity index (χ2v) is 6.63. The van der Waals surface area contributed by atoms with E-state index in [1.807, 2.05) is 0 Å². The van der Waals surface area contributed by atoms with Crippen LogP contribution in [0.4, 0.5) is 5.69 Å². The van der Waals surface area contributed by atoms with Crippen molar-refractivity contribution >= 4 is 17.6 Å². The number of likely N-dealkylation sites (tertiary alicyclic amines) is 1. The van der Waals surface area contributed by atoms with Crippen molar-refractivity contribution in [1.29, 1.82) is 0 Å². The highest BCUT2D eigenvalue weighted by molar-refractivity contribution is 5.89. The van der Waals surface area contributed by atoms with Crippen molar-refractivity contribution in [3.8, 4) is 11.3 Å². The van der Waals surface area contributed by atoms with Crippen molar-refractivity contribution in [2.75, 3.05) is 19.7 Å². The number of nitrogens with zero attached hydrogens (tertiary/aromatic N) is 2. The zero-order valence-corrected chi connectivity index (χ0v) is 14.9. The van der Waals surface area contributed by atoms with Gasteiger partial charge in [-0.2, -0.15) is 0 Å². The van der Waals surface area contributed by atoms with E-state index < -0.39 is 10.9 Å². The molecule has 0 unspecified atom stereocenters. The number of rotatable bonds is 5. The summed E-state index contributed by atoms with van der Waals surface area (Å²) in [5.41, 5.74) is 0.563. The number of esters is 1. The SMILES string of the molecule is C[C@H]1CCCN(C(=O)COC(=O)c2ccc(-c3ccc([N+](=O)[O-])cc3)o2)C1. The van der Waals surface area contributed by atoms with Gasteiger partial charge in [0.15, 0.2) is 6.61 Å². The fourth-order valence-electron chi connectivity index (χ4n) is 3.06. The zero-order chi connectivity index (χ0) is 19.4. The second kappa shape index (κ2) is 8.03. The summed E-state index contributed by atoms with van der Waals surface area (Å²) in [6.45, 7) is 3.14. The molecule has 1 atom stereocenters. The lowest BCUT2D eigenvalue weighted by molar-refractivity contribution is -0.384. The minimum absolute atomic E-state index is 0.0248. The summed E-state index contributed by atoms with van der Waals surface area (Å²) in [4.78, 5) is 36.2. The van der Waals surface area contributed by atoms with Crippen LogP contribution in [0.3, 0.4) is 0 Å². The van der Waals surface area contributed by atoms with Gasteiger partial charge in [-0.05, 0) is 43.0 Å². The molecule has 3 rings (SSSR count). The van der Waals surface area contributed by atoms with Crippen molar-refractivity contribution in [3.05, 3.63) is 52.3 Å². The summed E-state index contributed by atoms with van der Waals surface area (Å²) in [5.74, 6) is -0.123. The zero-order valence-electron chi connectivity index (χ0n) is 14.9. The van der Waals surface area contributed by atoms with Gasteiger partial charge in [-0.1, -0.05) is 6.92 Å². The van der Waals surface area contributed by atoms with E-state index in [0.717, 1.165) is 12.8 Å². The molecule has 0 bridgehead atoms. The summed E-state index contributed by atoms with van der Waals surface area (Å²) < 4.78 is 10.5. The number of hydrogen-bond donors (Lipinski definition) is 0. The van der Waals surface area contributed by atoms with Gasteiger partial charge in [0.25, 0.3) is 11.6 Å². The number of nitro groups is 1. The molecule has 8 nitrogen and oxygen atoms in total. The normalized spacial score (nSPS) is 16.8. The molecule has 27 heavy (non-hydrogen) atoms. The Morgan fingerprint density at radius 3 is 2.67 bits per heavy atom.